The Morgan fingerprint density at radius 1 is 0.825 bits per heavy atom. The molecule has 5 rings (SSSR count). The van der Waals surface area contributed by atoms with Crippen molar-refractivity contribution in [2.24, 2.45) is 0 Å². The second-order valence-corrected chi connectivity index (χ2v) is 13.1. The van der Waals surface area contributed by atoms with Crippen LogP contribution in [0, 0.1) is 0 Å². The molecule has 0 radical (unpaired) electrons. The Morgan fingerprint density at radius 2 is 1.52 bits per heavy atom. The van der Waals surface area contributed by atoms with Crippen LogP contribution in [-0.4, -0.2) is 62.6 Å². The van der Waals surface area contributed by atoms with Crippen LogP contribution in [0.4, 0.5) is 11.4 Å². The first-order valence-corrected chi connectivity index (χ1v) is 16.2. The number of nitrogens with one attached hydrogen (secondary N) is 2. The molecule has 40 heavy (non-hydrogen) atoms. The quantitative estimate of drug-likeness (QED) is 0.365. The number of carbonyl (C=O) groups is 1. The second kappa shape index (κ2) is 12.9. The van der Waals surface area contributed by atoms with Crippen LogP contribution in [0.25, 0.3) is 0 Å². The highest BCUT2D eigenvalue weighted by molar-refractivity contribution is 7.90. The van der Waals surface area contributed by atoms with Crippen LogP contribution in [0.5, 0.6) is 0 Å². The third-order valence-corrected chi connectivity index (χ3v) is 9.10. The van der Waals surface area contributed by atoms with E-state index in [0.717, 1.165) is 36.6 Å². The monoisotopic (exact) mass is 560 g/mol. The van der Waals surface area contributed by atoms with Gasteiger partial charge in [0.1, 0.15) is 0 Å². The zero-order chi connectivity index (χ0) is 28.0. The number of nitrogens with zero attached hydrogens (tertiary/aromatic N) is 2. The largest absolute Gasteiger partial charge is 0.381 e. The third kappa shape index (κ3) is 7.43. The standard InChI is InChI=1S/C32H40N4O3S/c1-40(38,39)29-15-12-26(13-16-29)24-35-18-20-36(21-19-35)32(37)27-14-17-30(34-28-10-6-3-7-11-28)31(22-27)33-23-25-8-4-2-5-9-25/h2,4-5,8-9,12-17,22,28,33-34H,3,6-7,10-11,18-21,23-24H2,1H3. The molecule has 0 unspecified atom stereocenters. The van der Waals surface area contributed by atoms with Crippen LogP contribution >= 0.6 is 0 Å². The van der Waals surface area contributed by atoms with Crippen LogP contribution in [-0.2, 0) is 22.9 Å². The summed E-state index contributed by atoms with van der Waals surface area (Å²) in [6.45, 7) is 4.31. The number of sulfone groups is 1. The molecule has 212 valence electrons. The van der Waals surface area contributed by atoms with Gasteiger partial charge in [0.25, 0.3) is 5.91 Å². The summed E-state index contributed by atoms with van der Waals surface area (Å²) < 4.78 is 23.5. The molecule has 0 spiro atoms. The summed E-state index contributed by atoms with van der Waals surface area (Å²) in [6, 6.07) is 23.9. The SMILES string of the molecule is CS(=O)(=O)c1ccc(CN2CCN(C(=O)c3ccc(NC4CCCCC4)c(NCc4ccccc4)c3)CC2)cc1. The molecule has 1 heterocycles. The van der Waals surface area contributed by atoms with Crippen LogP contribution < -0.4 is 10.6 Å². The third-order valence-electron chi connectivity index (χ3n) is 7.97. The highest BCUT2D eigenvalue weighted by atomic mass is 32.2. The van der Waals surface area contributed by atoms with E-state index in [1.807, 2.05) is 47.4 Å². The summed E-state index contributed by atoms with van der Waals surface area (Å²) >= 11 is 0. The van der Waals surface area contributed by atoms with Crippen LogP contribution in [0.3, 0.4) is 0 Å². The van der Waals surface area contributed by atoms with Gasteiger partial charge in [-0.25, -0.2) is 8.42 Å². The Kier molecular flexibility index (Phi) is 9.07. The molecule has 1 saturated carbocycles. The van der Waals surface area contributed by atoms with E-state index >= 15 is 0 Å². The minimum absolute atomic E-state index is 0.0594. The van der Waals surface area contributed by atoms with Crippen molar-refractivity contribution in [2.75, 3.05) is 43.1 Å². The topological polar surface area (TPSA) is 81.8 Å². The van der Waals surface area contributed by atoms with E-state index in [9.17, 15) is 13.2 Å². The van der Waals surface area contributed by atoms with Crippen molar-refractivity contribution in [3.8, 4) is 0 Å². The van der Waals surface area contributed by atoms with Crippen molar-refractivity contribution >= 4 is 27.1 Å². The number of piperazine rings is 1. The van der Waals surface area contributed by atoms with E-state index in [1.165, 1.54) is 43.9 Å². The molecule has 0 bridgehead atoms. The molecule has 0 aromatic heterocycles. The molecule has 1 aliphatic carbocycles. The maximum Gasteiger partial charge on any atom is 0.254 e. The second-order valence-electron chi connectivity index (χ2n) is 11.1. The van der Waals surface area contributed by atoms with Gasteiger partial charge in [-0.1, -0.05) is 61.7 Å². The number of hydrogen-bond donors (Lipinski definition) is 2. The number of carbonyl (C=O) groups excluding carboxylic acids is 1. The van der Waals surface area contributed by atoms with Gasteiger partial charge < -0.3 is 15.5 Å². The zero-order valence-corrected chi connectivity index (χ0v) is 24.1. The zero-order valence-electron chi connectivity index (χ0n) is 23.3. The van der Waals surface area contributed by atoms with Gasteiger partial charge in [0.2, 0.25) is 0 Å². The van der Waals surface area contributed by atoms with Crippen molar-refractivity contribution < 1.29 is 13.2 Å². The van der Waals surface area contributed by atoms with Gasteiger partial charge in [0.15, 0.2) is 9.84 Å². The Hall–Kier alpha value is -3.36. The molecular weight excluding hydrogens is 520 g/mol. The number of amides is 1. The fraction of sp³-hybridized carbons (Fsp3) is 0.406. The molecule has 1 saturated heterocycles. The van der Waals surface area contributed by atoms with E-state index in [2.05, 4.69) is 33.7 Å². The minimum Gasteiger partial charge on any atom is -0.381 e. The molecule has 3 aromatic rings. The highest BCUT2D eigenvalue weighted by Gasteiger charge is 2.23. The normalized spacial score (nSPS) is 17.0. The fourth-order valence-corrected chi connectivity index (χ4v) is 6.23. The molecule has 1 aliphatic heterocycles. The number of anilines is 2. The van der Waals surface area contributed by atoms with Gasteiger partial charge in [-0.2, -0.15) is 0 Å². The lowest BCUT2D eigenvalue weighted by molar-refractivity contribution is 0.0628. The maximum atomic E-state index is 13.5. The van der Waals surface area contributed by atoms with Crippen LogP contribution in [0.15, 0.2) is 77.7 Å². The molecule has 7 nitrogen and oxygen atoms in total. The highest BCUT2D eigenvalue weighted by Crippen LogP contribution is 2.29. The lowest BCUT2D eigenvalue weighted by Gasteiger charge is -2.35. The molecular formula is C32H40N4O3S. The Bertz CT molecular complexity index is 1380. The lowest BCUT2D eigenvalue weighted by Crippen LogP contribution is -2.48. The Balaban J connectivity index is 1.22. The predicted octanol–water partition coefficient (Wildman–Crippen LogP) is 5.40. The number of benzene rings is 3. The van der Waals surface area contributed by atoms with E-state index in [0.29, 0.717) is 36.1 Å². The van der Waals surface area contributed by atoms with Crippen LogP contribution in [0.1, 0.15) is 53.6 Å². The minimum atomic E-state index is -3.19. The molecule has 2 N–H and O–H groups in total. The summed E-state index contributed by atoms with van der Waals surface area (Å²) in [5.41, 5.74) is 5.00. The number of rotatable bonds is 9. The fourth-order valence-electron chi connectivity index (χ4n) is 5.60. The van der Waals surface area contributed by atoms with Gasteiger partial charge in [-0.15, -0.1) is 0 Å². The summed E-state index contributed by atoms with van der Waals surface area (Å²) in [6.07, 6.45) is 7.43. The first-order chi connectivity index (χ1) is 19.3. The maximum absolute atomic E-state index is 13.5. The van der Waals surface area contributed by atoms with Gasteiger partial charge in [-0.3, -0.25) is 9.69 Å². The van der Waals surface area contributed by atoms with Crippen molar-refractivity contribution in [2.45, 2.75) is 56.1 Å². The first kappa shape index (κ1) is 28.2. The molecule has 2 aliphatic rings. The van der Waals surface area contributed by atoms with E-state index in [-0.39, 0.29) is 5.91 Å². The number of hydrogen-bond acceptors (Lipinski definition) is 6. The van der Waals surface area contributed by atoms with Crippen molar-refractivity contribution in [1.29, 1.82) is 0 Å². The summed E-state index contributed by atoms with van der Waals surface area (Å²) in [7, 11) is -3.19. The molecule has 3 aromatic carbocycles. The van der Waals surface area contributed by atoms with Gasteiger partial charge in [-0.05, 0) is 54.3 Å². The average Bonchev–Trinajstić information content (AvgIpc) is 2.97. The van der Waals surface area contributed by atoms with Crippen molar-refractivity contribution in [1.82, 2.24) is 9.80 Å². The van der Waals surface area contributed by atoms with Gasteiger partial charge in [0, 0.05) is 57.1 Å². The van der Waals surface area contributed by atoms with Crippen molar-refractivity contribution in [3.05, 3.63) is 89.5 Å². The Labute approximate surface area is 238 Å². The van der Waals surface area contributed by atoms with E-state index in [4.69, 9.17) is 0 Å². The predicted molar refractivity (Wildman–Crippen MR) is 161 cm³/mol. The lowest BCUT2D eigenvalue weighted by atomic mass is 9.95. The summed E-state index contributed by atoms with van der Waals surface area (Å²) in [5.74, 6) is 0.0594. The van der Waals surface area contributed by atoms with Crippen molar-refractivity contribution in [3.63, 3.8) is 0 Å². The molecule has 2 fully saturated rings. The summed E-state index contributed by atoms with van der Waals surface area (Å²) in [5, 5.41) is 7.33. The van der Waals surface area contributed by atoms with Crippen LogP contribution in [0.2, 0.25) is 0 Å². The summed E-state index contributed by atoms with van der Waals surface area (Å²) in [4.78, 5) is 18.1. The first-order valence-electron chi connectivity index (χ1n) is 14.3. The molecule has 8 heteroatoms. The molecule has 0 atom stereocenters. The smallest absolute Gasteiger partial charge is 0.254 e. The van der Waals surface area contributed by atoms with Gasteiger partial charge in [0.05, 0.1) is 16.3 Å². The molecule has 1 amide bonds. The van der Waals surface area contributed by atoms with Gasteiger partial charge >= 0.3 is 0 Å². The average molecular weight is 561 g/mol. The Morgan fingerprint density at radius 3 is 2.20 bits per heavy atom. The van der Waals surface area contributed by atoms with E-state index < -0.39 is 9.84 Å². The van der Waals surface area contributed by atoms with E-state index in [1.54, 1.807) is 12.1 Å².